The van der Waals surface area contributed by atoms with Gasteiger partial charge in [-0.3, -0.25) is 4.99 Å². The molecule has 0 spiro atoms. The Morgan fingerprint density at radius 1 is 1.30 bits per heavy atom. The van der Waals surface area contributed by atoms with Gasteiger partial charge in [-0.15, -0.1) is 0 Å². The number of nitrogens with one attached hydrogen (secondary N) is 1. The number of unbranched alkanes of at least 4 members (excludes halogenated alkanes) is 1. The zero-order chi connectivity index (χ0) is 14.7. The van der Waals surface area contributed by atoms with E-state index in [1.165, 1.54) is 44.9 Å². The molecule has 0 aromatic carbocycles. The van der Waals surface area contributed by atoms with Crippen molar-refractivity contribution < 1.29 is 4.52 Å². The summed E-state index contributed by atoms with van der Waals surface area (Å²) in [5, 5.41) is 3.31. The van der Waals surface area contributed by atoms with Crippen LogP contribution in [0.2, 0.25) is 0 Å². The van der Waals surface area contributed by atoms with Crippen molar-refractivity contribution in [3.8, 4) is 0 Å². The number of nitrogens with zero attached hydrogens (tertiary/aromatic N) is 1. The van der Waals surface area contributed by atoms with E-state index < -0.39 is 5.62 Å². The molecule has 1 saturated carbocycles. The van der Waals surface area contributed by atoms with E-state index in [0.717, 1.165) is 18.8 Å². The Hall–Kier alpha value is 0.430. The third-order valence-electron chi connectivity index (χ3n) is 3.30. The Bertz CT molecular complexity index is 320. The smallest absolute Gasteiger partial charge is 0.211 e. The van der Waals surface area contributed by atoms with Gasteiger partial charge in [0.2, 0.25) is 5.62 Å². The molecule has 0 aromatic heterocycles. The number of hydrogen-bond donors (Lipinski definition) is 1. The van der Waals surface area contributed by atoms with Crippen molar-refractivity contribution in [1.29, 1.82) is 0 Å². The highest BCUT2D eigenvalue weighted by Crippen LogP contribution is 2.56. The Morgan fingerprint density at radius 3 is 2.70 bits per heavy atom. The molecule has 0 saturated heterocycles. The molecule has 0 bridgehead atoms. The summed E-state index contributed by atoms with van der Waals surface area (Å²) in [5.41, 5.74) is -1.98. The maximum Gasteiger partial charge on any atom is 0.211 e. The van der Waals surface area contributed by atoms with Crippen LogP contribution >= 0.6 is 17.0 Å². The molecule has 1 aliphatic rings. The second-order valence-electron chi connectivity index (χ2n) is 5.22. The summed E-state index contributed by atoms with van der Waals surface area (Å²) in [7, 11) is 0. The quantitative estimate of drug-likeness (QED) is 0.260. The van der Waals surface area contributed by atoms with Crippen molar-refractivity contribution in [2.75, 3.05) is 12.4 Å². The van der Waals surface area contributed by atoms with Crippen molar-refractivity contribution in [2.24, 2.45) is 4.99 Å². The van der Waals surface area contributed by atoms with Crippen LogP contribution < -0.4 is 5.09 Å². The van der Waals surface area contributed by atoms with Gasteiger partial charge in [0.25, 0.3) is 0 Å². The molecule has 20 heavy (non-hydrogen) atoms. The van der Waals surface area contributed by atoms with Crippen LogP contribution in [0.1, 0.15) is 65.2 Å². The van der Waals surface area contributed by atoms with Gasteiger partial charge in [-0.05, 0) is 37.5 Å². The number of aliphatic imine (C=N–C) groups is 1. The Balaban J connectivity index is 2.41. The minimum atomic E-state index is -1.98. The highest BCUT2D eigenvalue weighted by atomic mass is 32.9. The van der Waals surface area contributed by atoms with Crippen molar-refractivity contribution in [2.45, 2.75) is 71.3 Å². The van der Waals surface area contributed by atoms with Gasteiger partial charge in [-0.1, -0.05) is 50.9 Å². The Kier molecular flexibility index (Phi) is 10.2. The minimum absolute atomic E-state index is 0.492. The first-order valence-electron chi connectivity index (χ1n) is 7.88. The van der Waals surface area contributed by atoms with E-state index in [2.05, 4.69) is 23.9 Å². The SMILES string of the molecule is CCCCSP(=S)(NC=NC1CCCCC1)OCCC. The third-order valence-corrected chi connectivity index (χ3v) is 8.85. The molecule has 0 radical (unpaired) electrons. The van der Waals surface area contributed by atoms with Crippen molar-refractivity contribution >= 4 is 35.1 Å². The summed E-state index contributed by atoms with van der Waals surface area (Å²) in [6.07, 6.45) is 11.7. The lowest BCUT2D eigenvalue weighted by Gasteiger charge is -2.22. The maximum atomic E-state index is 5.90. The fraction of sp³-hybridized carbons (Fsp3) is 0.929. The highest BCUT2D eigenvalue weighted by Gasteiger charge is 2.17. The van der Waals surface area contributed by atoms with Crippen LogP contribution in [0.25, 0.3) is 0 Å². The van der Waals surface area contributed by atoms with Gasteiger partial charge < -0.3 is 9.61 Å². The summed E-state index contributed by atoms with van der Waals surface area (Å²) in [4.78, 5) is 4.64. The second-order valence-corrected chi connectivity index (χ2v) is 11.9. The van der Waals surface area contributed by atoms with Gasteiger partial charge in [0.05, 0.1) is 19.0 Å². The van der Waals surface area contributed by atoms with Crippen LogP contribution in [-0.2, 0) is 16.3 Å². The maximum absolute atomic E-state index is 5.90. The van der Waals surface area contributed by atoms with Gasteiger partial charge in [-0.25, -0.2) is 0 Å². The molecule has 0 heterocycles. The van der Waals surface area contributed by atoms with Gasteiger partial charge in [0, 0.05) is 5.75 Å². The fourth-order valence-electron chi connectivity index (χ4n) is 2.09. The molecule has 1 atom stereocenters. The zero-order valence-electron chi connectivity index (χ0n) is 12.8. The van der Waals surface area contributed by atoms with E-state index >= 15 is 0 Å². The zero-order valence-corrected chi connectivity index (χ0v) is 15.4. The van der Waals surface area contributed by atoms with Gasteiger partial charge in [0.15, 0.2) is 0 Å². The molecule has 1 aliphatic carbocycles. The molecule has 1 rings (SSSR count). The molecule has 6 heteroatoms. The fourth-order valence-corrected chi connectivity index (χ4v) is 6.56. The largest absolute Gasteiger partial charge is 0.326 e. The molecule has 0 aliphatic heterocycles. The van der Waals surface area contributed by atoms with Gasteiger partial charge >= 0.3 is 0 Å². The van der Waals surface area contributed by atoms with Gasteiger partial charge in [-0.2, -0.15) is 0 Å². The molecular weight excluding hydrogens is 307 g/mol. The van der Waals surface area contributed by atoms with Crippen LogP contribution in [0.3, 0.4) is 0 Å². The lowest BCUT2D eigenvalue weighted by Crippen LogP contribution is -2.14. The molecule has 118 valence electrons. The molecule has 1 unspecified atom stereocenters. The van der Waals surface area contributed by atoms with E-state index in [4.69, 9.17) is 16.3 Å². The van der Waals surface area contributed by atoms with Crippen molar-refractivity contribution in [3.05, 3.63) is 0 Å². The predicted octanol–water partition coefficient (Wildman–Crippen LogP) is 5.12. The lowest BCUT2D eigenvalue weighted by molar-refractivity contribution is 0.356. The third kappa shape index (κ3) is 8.02. The highest BCUT2D eigenvalue weighted by molar-refractivity contribution is 8.68. The summed E-state index contributed by atoms with van der Waals surface area (Å²) in [6.45, 7) is 5.06. The first-order chi connectivity index (χ1) is 9.70. The molecule has 0 aromatic rings. The van der Waals surface area contributed by atoms with E-state index in [1.807, 2.05) is 6.34 Å². The minimum Gasteiger partial charge on any atom is -0.326 e. The standard InChI is InChI=1S/C14H29N2OPS2/c1-3-5-12-20-18(19,17-11-4-2)16-13-15-14-9-7-6-8-10-14/h13-14H,3-12H2,1-2H3,(H,15,16,19). The first-order valence-corrected chi connectivity index (χ1v) is 12.2. The molecule has 1 fully saturated rings. The lowest BCUT2D eigenvalue weighted by atomic mass is 9.96. The normalized spacial score (nSPS) is 20.1. The van der Waals surface area contributed by atoms with Crippen LogP contribution in [0.15, 0.2) is 4.99 Å². The molecule has 1 N–H and O–H groups in total. The van der Waals surface area contributed by atoms with Crippen LogP contribution in [0.5, 0.6) is 0 Å². The van der Waals surface area contributed by atoms with E-state index in [9.17, 15) is 0 Å². The topological polar surface area (TPSA) is 33.6 Å². The summed E-state index contributed by atoms with van der Waals surface area (Å²) in [6, 6.07) is 0.492. The average molecular weight is 337 g/mol. The number of hydrogen-bond acceptors (Lipinski definition) is 4. The van der Waals surface area contributed by atoms with Crippen LogP contribution in [-0.4, -0.2) is 24.7 Å². The summed E-state index contributed by atoms with van der Waals surface area (Å²) < 4.78 is 5.90. The van der Waals surface area contributed by atoms with E-state index in [0.29, 0.717) is 6.04 Å². The molecular formula is C14H29N2OPS2. The summed E-state index contributed by atoms with van der Waals surface area (Å²) in [5.74, 6) is 1.07. The molecule has 3 nitrogen and oxygen atoms in total. The number of rotatable bonds is 10. The summed E-state index contributed by atoms with van der Waals surface area (Å²) >= 11 is 7.47. The monoisotopic (exact) mass is 336 g/mol. The predicted molar refractivity (Wildman–Crippen MR) is 96.4 cm³/mol. The van der Waals surface area contributed by atoms with Crippen LogP contribution in [0.4, 0.5) is 0 Å². The first kappa shape index (κ1) is 18.5. The van der Waals surface area contributed by atoms with Crippen molar-refractivity contribution in [1.82, 2.24) is 5.09 Å². The van der Waals surface area contributed by atoms with Gasteiger partial charge in [0.1, 0.15) is 0 Å². The second kappa shape index (κ2) is 11.1. The van der Waals surface area contributed by atoms with E-state index in [1.54, 1.807) is 11.4 Å². The molecule has 0 amide bonds. The Morgan fingerprint density at radius 2 is 2.05 bits per heavy atom. The van der Waals surface area contributed by atoms with Crippen molar-refractivity contribution in [3.63, 3.8) is 0 Å². The Labute approximate surface area is 133 Å². The van der Waals surface area contributed by atoms with Crippen LogP contribution in [0, 0.1) is 0 Å². The van der Waals surface area contributed by atoms with E-state index in [-0.39, 0.29) is 0 Å². The average Bonchev–Trinajstić information content (AvgIpc) is 2.47.